The van der Waals surface area contributed by atoms with Crippen molar-refractivity contribution in [2.24, 2.45) is 5.41 Å². The fraction of sp³-hybridized carbons (Fsp3) is 1.00. The summed E-state index contributed by atoms with van der Waals surface area (Å²) < 4.78 is 16.1. The van der Waals surface area contributed by atoms with Gasteiger partial charge < -0.3 is 19.5 Å². The van der Waals surface area contributed by atoms with E-state index >= 15 is 0 Å². The van der Waals surface area contributed by atoms with Crippen LogP contribution in [-0.2, 0) is 14.2 Å². The van der Waals surface area contributed by atoms with Gasteiger partial charge in [0.15, 0.2) is 0 Å². The minimum absolute atomic E-state index is 0.269. The lowest BCUT2D eigenvalue weighted by Gasteiger charge is -2.52. The van der Waals surface area contributed by atoms with E-state index < -0.39 is 0 Å². The number of nitrogens with one attached hydrogen (secondary N) is 1. The van der Waals surface area contributed by atoms with Gasteiger partial charge in [-0.05, 0) is 32.7 Å². The number of methoxy groups -OCH3 is 1. The molecule has 0 bridgehead atoms. The van der Waals surface area contributed by atoms with Crippen molar-refractivity contribution in [2.45, 2.75) is 52.2 Å². The van der Waals surface area contributed by atoms with Crippen LogP contribution in [0.5, 0.6) is 0 Å². The van der Waals surface area contributed by atoms with Crippen molar-refractivity contribution < 1.29 is 14.2 Å². The normalized spacial score (nSPS) is 25.3. The molecule has 0 amide bonds. The number of ether oxygens (including phenoxy) is 3. The van der Waals surface area contributed by atoms with E-state index in [4.69, 9.17) is 14.2 Å². The predicted octanol–water partition coefficient (Wildman–Crippen LogP) is 2.22. The summed E-state index contributed by atoms with van der Waals surface area (Å²) in [5.41, 5.74) is 0.269. The van der Waals surface area contributed by atoms with E-state index in [0.29, 0.717) is 25.4 Å². The molecule has 0 spiro atoms. The van der Waals surface area contributed by atoms with Crippen LogP contribution in [0.2, 0.25) is 0 Å². The van der Waals surface area contributed by atoms with Crippen molar-refractivity contribution in [2.75, 3.05) is 40.1 Å². The average Bonchev–Trinajstić information content (AvgIpc) is 2.39. The van der Waals surface area contributed by atoms with Crippen LogP contribution in [0.25, 0.3) is 0 Å². The molecule has 2 atom stereocenters. The second-order valence-electron chi connectivity index (χ2n) is 5.82. The molecule has 0 aromatic carbocycles. The molecular formula is C15H31NO3. The molecule has 0 aromatic rings. The molecule has 1 saturated carbocycles. The highest BCUT2D eigenvalue weighted by atomic mass is 16.5. The average molecular weight is 273 g/mol. The van der Waals surface area contributed by atoms with Crippen molar-refractivity contribution in [3.63, 3.8) is 0 Å². The van der Waals surface area contributed by atoms with E-state index in [0.717, 1.165) is 32.6 Å². The van der Waals surface area contributed by atoms with Crippen molar-refractivity contribution in [1.82, 2.24) is 5.32 Å². The molecule has 4 heteroatoms. The third-order valence-corrected chi connectivity index (χ3v) is 4.08. The maximum atomic E-state index is 5.73. The molecule has 114 valence electrons. The lowest BCUT2D eigenvalue weighted by Crippen LogP contribution is -2.61. The summed E-state index contributed by atoms with van der Waals surface area (Å²) in [6, 6.07) is 0.596. The fourth-order valence-electron chi connectivity index (χ4n) is 2.57. The monoisotopic (exact) mass is 273 g/mol. The van der Waals surface area contributed by atoms with Gasteiger partial charge in [0.2, 0.25) is 0 Å². The Hall–Kier alpha value is -0.160. The van der Waals surface area contributed by atoms with Gasteiger partial charge in [0.25, 0.3) is 0 Å². The van der Waals surface area contributed by atoms with Crippen molar-refractivity contribution >= 4 is 0 Å². The van der Waals surface area contributed by atoms with Gasteiger partial charge in [0.1, 0.15) is 0 Å². The highest BCUT2D eigenvalue weighted by Gasteiger charge is 2.48. The van der Waals surface area contributed by atoms with Crippen LogP contribution >= 0.6 is 0 Å². The second-order valence-corrected chi connectivity index (χ2v) is 5.82. The number of rotatable bonds is 11. The molecule has 0 saturated heterocycles. The lowest BCUT2D eigenvalue weighted by molar-refractivity contribution is -0.114. The summed E-state index contributed by atoms with van der Waals surface area (Å²) in [6.07, 6.45) is 3.84. The molecule has 0 radical (unpaired) electrons. The third-order valence-electron chi connectivity index (χ3n) is 4.08. The quantitative estimate of drug-likeness (QED) is 0.586. The first-order chi connectivity index (χ1) is 9.12. The number of hydrogen-bond acceptors (Lipinski definition) is 4. The third kappa shape index (κ3) is 5.38. The van der Waals surface area contributed by atoms with Gasteiger partial charge in [-0.3, -0.25) is 0 Å². The predicted molar refractivity (Wildman–Crippen MR) is 77.5 cm³/mol. The Morgan fingerprint density at radius 2 is 1.95 bits per heavy atom. The minimum atomic E-state index is 0.269. The smallest absolute Gasteiger partial charge is 0.0700 e. The Morgan fingerprint density at radius 1 is 1.16 bits per heavy atom. The minimum Gasteiger partial charge on any atom is -0.382 e. The van der Waals surface area contributed by atoms with Crippen LogP contribution in [-0.4, -0.2) is 52.2 Å². The molecule has 0 aliphatic heterocycles. The van der Waals surface area contributed by atoms with E-state index in [-0.39, 0.29) is 5.41 Å². The molecule has 2 unspecified atom stereocenters. The van der Waals surface area contributed by atoms with E-state index in [1.807, 2.05) is 0 Å². The molecule has 1 rings (SSSR count). The van der Waals surface area contributed by atoms with Gasteiger partial charge in [0.05, 0.1) is 19.3 Å². The van der Waals surface area contributed by atoms with Crippen molar-refractivity contribution in [1.29, 1.82) is 0 Å². The number of hydrogen-bond donors (Lipinski definition) is 1. The Labute approximate surface area is 118 Å². The van der Waals surface area contributed by atoms with Crippen LogP contribution in [0, 0.1) is 5.41 Å². The molecule has 1 aliphatic rings. The molecule has 4 nitrogen and oxygen atoms in total. The Kier molecular flexibility index (Phi) is 7.91. The van der Waals surface area contributed by atoms with Gasteiger partial charge in [0, 0.05) is 31.8 Å². The van der Waals surface area contributed by atoms with Gasteiger partial charge in [-0.2, -0.15) is 0 Å². The van der Waals surface area contributed by atoms with Crippen LogP contribution in [0.3, 0.4) is 0 Å². The molecule has 0 aromatic heterocycles. The van der Waals surface area contributed by atoms with Gasteiger partial charge in [-0.15, -0.1) is 0 Å². The SMILES string of the molecule is CCOC1CC(NCCCCOCCOC)C1(C)C. The summed E-state index contributed by atoms with van der Waals surface area (Å²) in [6.45, 7) is 10.8. The van der Waals surface area contributed by atoms with Crippen LogP contribution in [0.1, 0.15) is 40.0 Å². The molecule has 1 fully saturated rings. The second kappa shape index (κ2) is 8.90. The first-order valence-electron chi connectivity index (χ1n) is 7.54. The Balaban J connectivity index is 1.96. The maximum Gasteiger partial charge on any atom is 0.0700 e. The largest absolute Gasteiger partial charge is 0.382 e. The first kappa shape index (κ1) is 16.9. The van der Waals surface area contributed by atoms with Crippen molar-refractivity contribution in [3.05, 3.63) is 0 Å². The molecule has 1 N–H and O–H groups in total. The molecule has 19 heavy (non-hydrogen) atoms. The maximum absolute atomic E-state index is 5.73. The molecule has 0 heterocycles. The Morgan fingerprint density at radius 3 is 2.58 bits per heavy atom. The summed E-state index contributed by atoms with van der Waals surface area (Å²) in [7, 11) is 1.70. The zero-order chi connectivity index (χ0) is 14.1. The summed E-state index contributed by atoms with van der Waals surface area (Å²) in [5.74, 6) is 0. The van der Waals surface area contributed by atoms with Gasteiger partial charge in [-0.25, -0.2) is 0 Å². The lowest BCUT2D eigenvalue weighted by atomic mass is 9.64. The van der Waals surface area contributed by atoms with E-state index in [1.165, 1.54) is 6.42 Å². The van der Waals surface area contributed by atoms with Gasteiger partial charge in [-0.1, -0.05) is 13.8 Å². The van der Waals surface area contributed by atoms with E-state index in [9.17, 15) is 0 Å². The van der Waals surface area contributed by atoms with E-state index in [2.05, 4.69) is 26.1 Å². The van der Waals surface area contributed by atoms with Gasteiger partial charge >= 0.3 is 0 Å². The molecule has 1 aliphatic carbocycles. The summed E-state index contributed by atoms with van der Waals surface area (Å²) in [5, 5.41) is 3.64. The van der Waals surface area contributed by atoms with Crippen LogP contribution in [0.15, 0.2) is 0 Å². The fourth-order valence-corrected chi connectivity index (χ4v) is 2.57. The van der Waals surface area contributed by atoms with Crippen molar-refractivity contribution in [3.8, 4) is 0 Å². The highest BCUT2D eigenvalue weighted by Crippen LogP contribution is 2.42. The van der Waals surface area contributed by atoms with Crippen LogP contribution < -0.4 is 5.32 Å². The first-order valence-corrected chi connectivity index (χ1v) is 7.54. The summed E-state index contributed by atoms with van der Waals surface area (Å²) >= 11 is 0. The topological polar surface area (TPSA) is 39.7 Å². The van der Waals surface area contributed by atoms with Crippen LogP contribution in [0.4, 0.5) is 0 Å². The Bertz CT molecular complexity index is 233. The highest BCUT2D eigenvalue weighted by molar-refractivity contribution is 5.02. The zero-order valence-electron chi connectivity index (χ0n) is 13.0. The van der Waals surface area contributed by atoms with E-state index in [1.54, 1.807) is 7.11 Å². The standard InChI is InChI=1S/C15H31NO3/c1-5-19-14-12-13(15(14,2)3)16-8-6-7-9-18-11-10-17-4/h13-14,16H,5-12H2,1-4H3. The molecular weight excluding hydrogens is 242 g/mol. The summed E-state index contributed by atoms with van der Waals surface area (Å²) in [4.78, 5) is 0. The number of unbranched alkanes of at least 4 members (excludes halogenated alkanes) is 1. The zero-order valence-corrected chi connectivity index (χ0v) is 13.0.